The molecule has 2 aromatic carbocycles. The smallest absolute Gasteiger partial charge is 0.159 e. The van der Waals surface area contributed by atoms with Gasteiger partial charge in [-0.05, 0) is 90.5 Å². The number of rotatable bonds is 17. The highest BCUT2D eigenvalue weighted by Gasteiger charge is 2.48. The van der Waals surface area contributed by atoms with Gasteiger partial charge in [-0.25, -0.2) is 29.3 Å². The second-order valence-electron chi connectivity index (χ2n) is 12.2. The van der Waals surface area contributed by atoms with E-state index in [2.05, 4.69) is 13.2 Å². The van der Waals surface area contributed by atoms with Crippen molar-refractivity contribution in [3.63, 3.8) is 0 Å². The monoisotopic (exact) mass is 554 g/mol. The molecule has 2 rings (SSSR count). The Hall–Kier alpha value is -2.32. The molecule has 0 aromatic heterocycles. The lowest BCUT2D eigenvalue weighted by molar-refractivity contribution is -0.484. The van der Waals surface area contributed by atoms with Crippen LogP contribution in [0.15, 0.2) is 85.0 Å². The van der Waals surface area contributed by atoms with Gasteiger partial charge in [0.1, 0.15) is 12.2 Å². The van der Waals surface area contributed by atoms with Gasteiger partial charge >= 0.3 is 0 Å². The summed E-state index contributed by atoms with van der Waals surface area (Å²) in [7, 11) is 0. The van der Waals surface area contributed by atoms with Crippen molar-refractivity contribution in [3.8, 4) is 0 Å². The van der Waals surface area contributed by atoms with Gasteiger partial charge in [-0.3, -0.25) is 0 Å². The molecule has 0 bridgehead atoms. The van der Waals surface area contributed by atoms with Crippen molar-refractivity contribution in [1.29, 1.82) is 0 Å². The fourth-order valence-corrected chi connectivity index (χ4v) is 3.96. The van der Waals surface area contributed by atoms with E-state index in [1.54, 1.807) is 0 Å². The van der Waals surface area contributed by atoms with Crippen molar-refractivity contribution in [3.05, 3.63) is 96.1 Å². The third kappa shape index (κ3) is 8.59. The van der Waals surface area contributed by atoms with Crippen LogP contribution >= 0.6 is 0 Å². The quantitative estimate of drug-likeness (QED) is 0.111. The lowest BCUT2D eigenvalue weighted by atomic mass is 9.86. The Bertz CT molecular complexity index is 993. The topological polar surface area (TPSA) is 55.4 Å². The maximum atomic E-state index is 6.50. The Morgan fingerprint density at radius 2 is 0.875 bits per heavy atom. The van der Waals surface area contributed by atoms with Crippen molar-refractivity contribution in [2.45, 2.75) is 117 Å². The van der Waals surface area contributed by atoms with E-state index in [1.807, 2.05) is 130 Å². The van der Waals surface area contributed by atoms with E-state index in [4.69, 9.17) is 29.3 Å². The third-order valence-electron chi connectivity index (χ3n) is 7.42. The van der Waals surface area contributed by atoms with Gasteiger partial charge in [0.15, 0.2) is 11.2 Å². The maximum Gasteiger partial charge on any atom is 0.159 e. The van der Waals surface area contributed by atoms with E-state index >= 15 is 0 Å². The number of hydrogen-bond acceptors (Lipinski definition) is 6. The molecule has 6 nitrogen and oxygen atoms in total. The van der Waals surface area contributed by atoms with Gasteiger partial charge in [0.2, 0.25) is 0 Å². The zero-order valence-electron chi connectivity index (χ0n) is 26.2. The second kappa shape index (κ2) is 14.0. The first-order valence-corrected chi connectivity index (χ1v) is 14.1. The molecule has 0 amide bonds. The summed E-state index contributed by atoms with van der Waals surface area (Å²) in [6.45, 7) is 28.0. The summed E-state index contributed by atoms with van der Waals surface area (Å²) < 4.78 is 0. The fourth-order valence-electron chi connectivity index (χ4n) is 3.96. The van der Waals surface area contributed by atoms with Crippen LogP contribution in [0.4, 0.5) is 0 Å². The van der Waals surface area contributed by atoms with Crippen LogP contribution in [0.3, 0.4) is 0 Å². The molecule has 0 saturated heterocycles. The summed E-state index contributed by atoms with van der Waals surface area (Å²) in [4.78, 5) is 37.0. The first-order valence-electron chi connectivity index (χ1n) is 14.1. The van der Waals surface area contributed by atoms with Crippen LogP contribution in [0.5, 0.6) is 0 Å². The van der Waals surface area contributed by atoms with Gasteiger partial charge in [0.05, 0.1) is 11.2 Å². The van der Waals surface area contributed by atoms with Crippen molar-refractivity contribution in [2.75, 3.05) is 0 Å². The summed E-state index contributed by atoms with van der Waals surface area (Å²) in [5.74, 6) is 0. The van der Waals surface area contributed by atoms with E-state index < -0.39 is 34.6 Å². The number of hydrogen-bond donors (Lipinski definition) is 0. The van der Waals surface area contributed by atoms with Gasteiger partial charge in [0.25, 0.3) is 0 Å². The van der Waals surface area contributed by atoms with E-state index in [0.29, 0.717) is 11.1 Å². The average Bonchev–Trinajstić information content (AvgIpc) is 2.92. The maximum absolute atomic E-state index is 6.50. The Morgan fingerprint density at radius 3 is 1.12 bits per heavy atom. The van der Waals surface area contributed by atoms with Crippen molar-refractivity contribution in [2.24, 2.45) is 0 Å². The minimum atomic E-state index is -1.16. The lowest BCUT2D eigenvalue weighted by Gasteiger charge is -2.42. The Labute approximate surface area is 242 Å². The van der Waals surface area contributed by atoms with Crippen LogP contribution in [-0.2, 0) is 40.5 Å². The van der Waals surface area contributed by atoms with E-state index in [-0.39, 0.29) is 0 Å². The van der Waals surface area contributed by atoms with Crippen molar-refractivity contribution >= 4 is 0 Å². The molecule has 40 heavy (non-hydrogen) atoms. The summed E-state index contributed by atoms with van der Waals surface area (Å²) in [6, 6.07) is 19.5. The molecule has 0 spiro atoms. The van der Waals surface area contributed by atoms with Crippen LogP contribution in [0, 0.1) is 0 Å². The molecule has 0 aliphatic carbocycles. The highest BCUT2D eigenvalue weighted by Crippen LogP contribution is 2.41. The zero-order chi connectivity index (χ0) is 30.2. The van der Waals surface area contributed by atoms with E-state index in [0.717, 1.165) is 24.0 Å². The van der Waals surface area contributed by atoms with Gasteiger partial charge in [-0.15, -0.1) is 0 Å². The molecule has 4 unspecified atom stereocenters. The molecule has 0 saturated carbocycles. The van der Waals surface area contributed by atoms with Crippen molar-refractivity contribution in [1.82, 2.24) is 0 Å². The minimum absolute atomic E-state index is 0.507. The predicted octanol–water partition coefficient (Wildman–Crippen LogP) is 8.93. The predicted molar refractivity (Wildman–Crippen MR) is 160 cm³/mol. The first kappa shape index (κ1) is 33.9. The molecule has 0 aliphatic rings. The summed E-state index contributed by atoms with van der Waals surface area (Å²) in [5, 5.41) is 0. The highest BCUT2D eigenvalue weighted by atomic mass is 17.3. The lowest BCUT2D eigenvalue weighted by Crippen LogP contribution is -2.48. The van der Waals surface area contributed by atoms with Gasteiger partial charge < -0.3 is 0 Å². The molecule has 6 heteroatoms. The van der Waals surface area contributed by atoms with Crippen LogP contribution in [0.2, 0.25) is 0 Å². The summed E-state index contributed by atoms with van der Waals surface area (Å²) in [6.07, 6.45) is 0.0979. The standard InChI is InChI=1S/C34H50O6/c1-13-31(7,8)37-35-29(25(3)4)33(11,27-21-17-15-18-22-27)39-40-34(12,28-23-19-16-20-24-28)30(26(5)6)36-38-32(9,10)14-2/h15-24,29-30H,3,5,13-14H2,1-2,4,6-12H3. The number of benzene rings is 2. The Kier molecular flexibility index (Phi) is 11.9. The molecule has 0 aliphatic heterocycles. The van der Waals surface area contributed by atoms with E-state index in [1.165, 1.54) is 0 Å². The van der Waals surface area contributed by atoms with Crippen LogP contribution in [0.25, 0.3) is 0 Å². The highest BCUT2D eigenvalue weighted by molar-refractivity contribution is 5.28. The van der Waals surface area contributed by atoms with E-state index in [9.17, 15) is 0 Å². The zero-order valence-corrected chi connectivity index (χ0v) is 26.2. The van der Waals surface area contributed by atoms with Crippen LogP contribution in [-0.4, -0.2) is 23.4 Å². The summed E-state index contributed by atoms with van der Waals surface area (Å²) >= 11 is 0. The van der Waals surface area contributed by atoms with Gasteiger partial charge in [0, 0.05) is 0 Å². The molecule has 0 radical (unpaired) electrons. The first-order chi connectivity index (χ1) is 18.6. The largest absolute Gasteiger partial charge is 0.230 e. The Morgan fingerprint density at radius 1 is 0.575 bits per heavy atom. The van der Waals surface area contributed by atoms with Crippen LogP contribution < -0.4 is 0 Å². The van der Waals surface area contributed by atoms with Crippen LogP contribution in [0.1, 0.15) is 93.2 Å². The fraction of sp³-hybridized carbons (Fsp3) is 0.529. The SMILES string of the molecule is C=C(C)C(OOC(C)(C)CC)C(C)(OOC(C)(c1ccccc1)C(OOC(C)(C)CC)C(=C)C)c1ccccc1. The average molecular weight is 555 g/mol. The second-order valence-corrected chi connectivity index (χ2v) is 12.2. The van der Waals surface area contributed by atoms with Crippen molar-refractivity contribution < 1.29 is 29.3 Å². The molecule has 2 aromatic rings. The molecule has 0 heterocycles. The third-order valence-corrected chi connectivity index (χ3v) is 7.42. The summed E-state index contributed by atoms with van der Waals surface area (Å²) in [5.41, 5.74) is -0.250. The molecule has 4 atom stereocenters. The van der Waals surface area contributed by atoms with Gasteiger partial charge in [-0.2, -0.15) is 0 Å². The molecule has 222 valence electrons. The molecular formula is C34H50O6. The molecule has 0 N–H and O–H groups in total. The molecular weight excluding hydrogens is 504 g/mol. The Balaban J connectivity index is 2.58. The normalized spacial score (nSPS) is 16.9. The van der Waals surface area contributed by atoms with Gasteiger partial charge in [-0.1, -0.05) is 87.7 Å². The minimum Gasteiger partial charge on any atom is -0.230 e. The molecule has 0 fully saturated rings.